The number of nitrogens with zero attached hydrogens (tertiary/aromatic N) is 1. The predicted molar refractivity (Wildman–Crippen MR) is 90.7 cm³/mol. The van der Waals surface area contributed by atoms with Crippen LogP contribution in [0.4, 0.5) is 16.2 Å². The van der Waals surface area contributed by atoms with Crippen LogP contribution < -0.4 is 10.1 Å². The highest BCUT2D eigenvalue weighted by Crippen LogP contribution is 2.29. The molecule has 0 bridgehead atoms. The number of hydrogen-bond acceptors (Lipinski definition) is 6. The lowest BCUT2D eigenvalue weighted by atomic mass is 10.2. The topological polar surface area (TPSA) is 99.9 Å². The molecule has 0 spiro atoms. The molecule has 132 valence electrons. The van der Waals surface area contributed by atoms with Gasteiger partial charge in [0.15, 0.2) is 0 Å². The maximum Gasteiger partial charge on any atom is 0.411 e. The second-order valence-corrected chi connectivity index (χ2v) is 4.94. The van der Waals surface area contributed by atoms with Gasteiger partial charge in [-0.15, -0.1) is 0 Å². The molecule has 0 fully saturated rings. The molecule has 0 radical (unpaired) electrons. The van der Waals surface area contributed by atoms with E-state index in [0.29, 0.717) is 19.0 Å². The van der Waals surface area contributed by atoms with Gasteiger partial charge in [-0.1, -0.05) is 30.3 Å². The smallest absolute Gasteiger partial charge is 0.411 e. The molecule has 2 aromatic rings. The molecule has 1 amide bonds. The molecule has 2 aromatic carbocycles. The van der Waals surface area contributed by atoms with Gasteiger partial charge in [-0.25, -0.2) is 4.79 Å². The summed E-state index contributed by atoms with van der Waals surface area (Å²) in [6, 6.07) is 13.8. The Morgan fingerprint density at radius 3 is 2.60 bits per heavy atom. The normalized spacial score (nSPS) is 10.1. The van der Waals surface area contributed by atoms with Gasteiger partial charge in [0.25, 0.3) is 5.69 Å². The van der Waals surface area contributed by atoms with Crippen molar-refractivity contribution in [3.63, 3.8) is 0 Å². The van der Waals surface area contributed by atoms with Gasteiger partial charge in [0, 0.05) is 12.1 Å². The van der Waals surface area contributed by atoms with Crippen molar-refractivity contribution in [2.45, 2.75) is 6.61 Å². The van der Waals surface area contributed by atoms with E-state index in [-0.39, 0.29) is 18.0 Å². The Kier molecular flexibility index (Phi) is 6.73. The molecule has 2 rings (SSSR count). The molecule has 0 aromatic heterocycles. The summed E-state index contributed by atoms with van der Waals surface area (Å²) >= 11 is 0. The van der Waals surface area contributed by atoms with E-state index in [2.05, 4.69) is 10.1 Å². The number of methoxy groups -OCH3 is 1. The fourth-order valence-electron chi connectivity index (χ4n) is 2.01. The number of benzene rings is 2. The van der Waals surface area contributed by atoms with Gasteiger partial charge in [-0.3, -0.25) is 15.4 Å². The SMILES string of the molecule is COC(=O)Nc1cc(OCCOCc2ccccc2)ccc1[N+](=O)[O-]. The van der Waals surface area contributed by atoms with Crippen molar-refractivity contribution in [1.29, 1.82) is 0 Å². The molecule has 1 N–H and O–H groups in total. The summed E-state index contributed by atoms with van der Waals surface area (Å²) in [7, 11) is 1.17. The largest absolute Gasteiger partial charge is 0.491 e. The summed E-state index contributed by atoms with van der Waals surface area (Å²) in [5.41, 5.74) is 0.806. The average Bonchev–Trinajstić information content (AvgIpc) is 2.62. The van der Waals surface area contributed by atoms with Crippen LogP contribution in [0.15, 0.2) is 48.5 Å². The minimum atomic E-state index is -0.800. The number of carbonyl (C=O) groups is 1. The number of rotatable bonds is 8. The van der Waals surface area contributed by atoms with E-state index < -0.39 is 11.0 Å². The maximum absolute atomic E-state index is 11.3. The Morgan fingerprint density at radius 1 is 1.16 bits per heavy atom. The molecule has 0 saturated heterocycles. The van der Waals surface area contributed by atoms with Crippen LogP contribution >= 0.6 is 0 Å². The third-order valence-electron chi connectivity index (χ3n) is 3.19. The molecule has 0 aliphatic carbocycles. The molecular formula is C17H18N2O6. The van der Waals surface area contributed by atoms with Crippen LogP contribution in [0.1, 0.15) is 5.56 Å². The Hall–Kier alpha value is -3.13. The third kappa shape index (κ3) is 5.78. The Bertz CT molecular complexity index is 720. The molecular weight excluding hydrogens is 328 g/mol. The Labute approximate surface area is 144 Å². The lowest BCUT2D eigenvalue weighted by Gasteiger charge is -2.10. The first-order chi connectivity index (χ1) is 12.1. The summed E-state index contributed by atoms with van der Waals surface area (Å²) in [5.74, 6) is 0.375. The molecule has 25 heavy (non-hydrogen) atoms. The van der Waals surface area contributed by atoms with Crippen molar-refractivity contribution in [1.82, 2.24) is 0 Å². The second kappa shape index (κ2) is 9.24. The number of nitro benzene ring substituents is 1. The van der Waals surface area contributed by atoms with Gasteiger partial charge in [0.2, 0.25) is 0 Å². The van der Waals surface area contributed by atoms with Crippen LogP contribution in [0.25, 0.3) is 0 Å². The van der Waals surface area contributed by atoms with Gasteiger partial charge < -0.3 is 14.2 Å². The summed E-state index contributed by atoms with van der Waals surface area (Å²) in [5, 5.41) is 13.3. The highest BCUT2D eigenvalue weighted by molar-refractivity contribution is 5.88. The zero-order valence-electron chi connectivity index (χ0n) is 13.6. The van der Waals surface area contributed by atoms with E-state index in [9.17, 15) is 14.9 Å². The number of nitrogens with one attached hydrogen (secondary N) is 1. The Balaban J connectivity index is 1.87. The molecule has 0 saturated carbocycles. The first-order valence-electron chi connectivity index (χ1n) is 7.48. The van der Waals surface area contributed by atoms with E-state index in [0.717, 1.165) is 5.56 Å². The van der Waals surface area contributed by atoms with Crippen molar-refractivity contribution in [3.8, 4) is 5.75 Å². The van der Waals surface area contributed by atoms with Gasteiger partial charge in [0.1, 0.15) is 18.0 Å². The lowest BCUT2D eigenvalue weighted by Crippen LogP contribution is -2.13. The van der Waals surface area contributed by atoms with Crippen molar-refractivity contribution >= 4 is 17.5 Å². The monoisotopic (exact) mass is 346 g/mol. The molecule has 0 aliphatic rings. The minimum Gasteiger partial charge on any atom is -0.491 e. The molecule has 8 nitrogen and oxygen atoms in total. The van der Waals surface area contributed by atoms with Crippen molar-refractivity contribution in [2.24, 2.45) is 0 Å². The van der Waals surface area contributed by atoms with Crippen LogP contribution in [0.2, 0.25) is 0 Å². The lowest BCUT2D eigenvalue weighted by molar-refractivity contribution is -0.383. The number of nitro groups is 1. The van der Waals surface area contributed by atoms with Gasteiger partial charge in [0.05, 0.1) is 25.2 Å². The Morgan fingerprint density at radius 2 is 1.92 bits per heavy atom. The van der Waals surface area contributed by atoms with Crippen molar-refractivity contribution in [3.05, 3.63) is 64.2 Å². The fourth-order valence-corrected chi connectivity index (χ4v) is 2.01. The van der Waals surface area contributed by atoms with E-state index >= 15 is 0 Å². The van der Waals surface area contributed by atoms with Crippen LogP contribution in [0, 0.1) is 10.1 Å². The average molecular weight is 346 g/mol. The van der Waals surface area contributed by atoms with Gasteiger partial charge in [-0.05, 0) is 11.6 Å². The quantitative estimate of drug-likeness (QED) is 0.447. The highest BCUT2D eigenvalue weighted by Gasteiger charge is 2.17. The van der Waals surface area contributed by atoms with Gasteiger partial charge >= 0.3 is 6.09 Å². The molecule has 0 heterocycles. The predicted octanol–water partition coefficient (Wildman–Crippen LogP) is 3.37. The number of anilines is 1. The van der Waals surface area contributed by atoms with Crippen LogP contribution in [-0.4, -0.2) is 31.3 Å². The summed E-state index contributed by atoms with van der Waals surface area (Å²) < 4.78 is 15.4. The fraction of sp³-hybridized carbons (Fsp3) is 0.235. The van der Waals surface area contributed by atoms with Gasteiger partial charge in [-0.2, -0.15) is 0 Å². The minimum absolute atomic E-state index is 0.000413. The van der Waals surface area contributed by atoms with E-state index in [4.69, 9.17) is 9.47 Å². The highest BCUT2D eigenvalue weighted by atomic mass is 16.6. The van der Waals surface area contributed by atoms with Crippen molar-refractivity contribution in [2.75, 3.05) is 25.6 Å². The first-order valence-corrected chi connectivity index (χ1v) is 7.48. The summed E-state index contributed by atoms with van der Waals surface area (Å²) in [6.07, 6.45) is -0.800. The first kappa shape index (κ1) is 18.2. The molecule has 0 unspecified atom stereocenters. The number of carbonyl (C=O) groups excluding carboxylic acids is 1. The molecule has 0 aliphatic heterocycles. The standard InChI is InChI=1S/C17H18N2O6/c1-23-17(20)18-15-11-14(7-8-16(15)19(21)22)25-10-9-24-12-13-5-3-2-4-6-13/h2-8,11H,9-10,12H2,1H3,(H,18,20). The molecule has 8 heteroatoms. The second-order valence-electron chi connectivity index (χ2n) is 4.94. The van der Waals surface area contributed by atoms with E-state index in [1.54, 1.807) is 0 Å². The summed E-state index contributed by atoms with van der Waals surface area (Å²) in [4.78, 5) is 21.7. The molecule has 0 atom stereocenters. The number of amides is 1. The van der Waals surface area contributed by atoms with Crippen molar-refractivity contribution < 1.29 is 23.9 Å². The third-order valence-corrected chi connectivity index (χ3v) is 3.19. The zero-order valence-corrected chi connectivity index (χ0v) is 13.6. The van der Waals surface area contributed by atoms with E-state index in [1.807, 2.05) is 30.3 Å². The van der Waals surface area contributed by atoms with Crippen LogP contribution in [0.3, 0.4) is 0 Å². The van der Waals surface area contributed by atoms with Crippen LogP contribution in [-0.2, 0) is 16.1 Å². The van der Waals surface area contributed by atoms with Crippen LogP contribution in [0.5, 0.6) is 5.75 Å². The van der Waals surface area contributed by atoms with E-state index in [1.165, 1.54) is 25.3 Å². The summed E-state index contributed by atoms with van der Waals surface area (Å²) in [6.45, 7) is 1.09. The number of ether oxygens (including phenoxy) is 3. The maximum atomic E-state index is 11.3. The zero-order chi connectivity index (χ0) is 18.1. The number of hydrogen-bond donors (Lipinski definition) is 1.